The van der Waals surface area contributed by atoms with Crippen LogP contribution in [-0.4, -0.2) is 43.9 Å². The highest BCUT2D eigenvalue weighted by molar-refractivity contribution is 6.31. The largest absolute Gasteiger partial charge is 0.467 e. The number of carbonyl (C=O) groups is 2. The lowest BCUT2D eigenvalue weighted by molar-refractivity contribution is -0.202. The van der Waals surface area contributed by atoms with E-state index in [1.807, 2.05) is 57.7 Å². The van der Waals surface area contributed by atoms with Gasteiger partial charge in [-0.25, -0.2) is 4.79 Å². The first-order valence-corrected chi connectivity index (χ1v) is 11.8. The number of esters is 1. The highest BCUT2D eigenvalue weighted by atomic mass is 16.6. The summed E-state index contributed by atoms with van der Waals surface area (Å²) in [5.74, 6) is -1.16. The van der Waals surface area contributed by atoms with Gasteiger partial charge in [-0.2, -0.15) is 0 Å². The third kappa shape index (κ3) is 1.92. The molecule has 0 aliphatic carbocycles. The van der Waals surface area contributed by atoms with Gasteiger partial charge in [0.25, 0.3) is 5.91 Å². The summed E-state index contributed by atoms with van der Waals surface area (Å²) in [5, 5.41) is 28.7. The molecule has 5 heterocycles. The van der Waals surface area contributed by atoms with Gasteiger partial charge in [0, 0.05) is 33.5 Å². The van der Waals surface area contributed by atoms with E-state index < -0.39 is 29.8 Å². The lowest BCUT2D eigenvalue weighted by Crippen LogP contribution is -2.56. The van der Waals surface area contributed by atoms with Crippen molar-refractivity contribution >= 4 is 55.5 Å². The van der Waals surface area contributed by atoms with Crippen LogP contribution in [0.4, 0.5) is 0 Å². The van der Waals surface area contributed by atoms with E-state index in [1.165, 1.54) is 7.11 Å². The predicted octanol–water partition coefficient (Wildman–Crippen LogP) is 3.15. The number of carbonyl (C=O) groups excluding carboxylic acids is 2. The summed E-state index contributed by atoms with van der Waals surface area (Å²) in [6, 6.07) is 15.2. The molecule has 36 heavy (non-hydrogen) atoms. The number of aromatic nitrogens is 2. The topological polar surface area (TPSA) is 115 Å². The summed E-state index contributed by atoms with van der Waals surface area (Å²) in [6.45, 7) is 1.69. The molecule has 2 aromatic heterocycles. The number of nitrogens with one attached hydrogen (secondary N) is 1. The molecule has 2 bridgehead atoms. The van der Waals surface area contributed by atoms with Crippen LogP contribution in [0.1, 0.15) is 41.7 Å². The number of ether oxygens (including phenoxy) is 2. The molecule has 1 fully saturated rings. The number of amides is 1. The van der Waals surface area contributed by atoms with E-state index in [-0.39, 0.29) is 12.3 Å². The molecule has 4 atom stereocenters. The van der Waals surface area contributed by atoms with Gasteiger partial charge in [-0.05, 0) is 19.1 Å². The molecular weight excluding hydrogens is 462 g/mol. The summed E-state index contributed by atoms with van der Waals surface area (Å²) in [5.41, 5.74) is 0.347. The Morgan fingerprint density at radius 1 is 1.08 bits per heavy atom. The lowest BCUT2D eigenvalue weighted by atomic mass is 9.88. The minimum Gasteiger partial charge on any atom is -0.467 e. The molecule has 0 spiro atoms. The molecule has 5 aromatic rings. The van der Waals surface area contributed by atoms with Crippen LogP contribution in [0.2, 0.25) is 0 Å². The number of para-hydroxylation sites is 2. The first-order chi connectivity index (χ1) is 17.3. The maximum Gasteiger partial charge on any atom is 0.343 e. The highest BCUT2D eigenvalue weighted by Crippen LogP contribution is 2.58. The van der Waals surface area contributed by atoms with Crippen LogP contribution in [-0.2, 0) is 20.0 Å². The molecule has 3 aromatic carbocycles. The van der Waals surface area contributed by atoms with E-state index in [2.05, 4.69) is 5.32 Å². The van der Waals surface area contributed by atoms with Gasteiger partial charge in [-0.15, -0.1) is 0 Å². The average molecular weight is 483 g/mol. The number of hydrogen-bond donors (Lipinski definition) is 3. The number of hydrogen-bond acceptors (Lipinski definition) is 6. The van der Waals surface area contributed by atoms with Gasteiger partial charge in [0.15, 0.2) is 12.0 Å². The second-order valence-corrected chi connectivity index (χ2v) is 9.96. The van der Waals surface area contributed by atoms with E-state index in [0.717, 1.165) is 27.2 Å². The molecule has 0 saturated carbocycles. The Balaban J connectivity index is 1.74. The summed E-state index contributed by atoms with van der Waals surface area (Å²) >= 11 is 0. The minimum absolute atomic E-state index is 0.0335. The van der Waals surface area contributed by atoms with Crippen molar-refractivity contribution in [2.45, 2.75) is 37.1 Å². The standard InChI is InChI=1S/C27H21N3O6/c1-26-27(34,25(33)35-2)11-16(36-26)29-14-9-5-3-7-12(14)17-19-20(24(32)28-23(19)31)18-13-8-4-6-10-15(13)30(26)22(18)21(17)29/h3-10,16,23,31,34H,11H2,1-2H3,(H,28,32)/t16?,23?,26-,27-/m0/s1. The van der Waals surface area contributed by atoms with Crippen molar-refractivity contribution in [3.8, 4) is 0 Å². The normalized spacial score (nSPS) is 28.4. The van der Waals surface area contributed by atoms with Gasteiger partial charge in [0.05, 0.1) is 34.7 Å². The zero-order chi connectivity index (χ0) is 24.7. The van der Waals surface area contributed by atoms with E-state index in [4.69, 9.17) is 9.47 Å². The highest BCUT2D eigenvalue weighted by Gasteiger charge is 2.66. The quantitative estimate of drug-likeness (QED) is 0.316. The number of methoxy groups -OCH3 is 1. The third-order valence-corrected chi connectivity index (χ3v) is 8.41. The van der Waals surface area contributed by atoms with Crippen LogP contribution < -0.4 is 5.32 Å². The fraction of sp³-hybridized carbons (Fsp3) is 0.259. The Hall–Kier alpha value is -3.92. The predicted molar refractivity (Wildman–Crippen MR) is 130 cm³/mol. The average Bonchev–Trinajstić information content (AvgIpc) is 3.54. The number of aliphatic hydroxyl groups is 2. The molecule has 3 N–H and O–H groups in total. The fourth-order valence-corrected chi connectivity index (χ4v) is 6.94. The zero-order valence-electron chi connectivity index (χ0n) is 19.4. The SMILES string of the molecule is COC(=O)[C@@]1(O)CC2O[C@]1(C)n1c3ccccc3c3c4c(c5c6ccccc6n2c5c31)C(O)NC4=O. The Labute approximate surface area is 203 Å². The van der Waals surface area contributed by atoms with Crippen LogP contribution in [0.5, 0.6) is 0 Å². The minimum atomic E-state index is -2.00. The maximum atomic E-state index is 13.3. The van der Waals surface area contributed by atoms with Gasteiger partial charge in [0.1, 0.15) is 6.23 Å². The van der Waals surface area contributed by atoms with Crippen molar-refractivity contribution in [2.24, 2.45) is 0 Å². The van der Waals surface area contributed by atoms with Crippen LogP contribution in [0.15, 0.2) is 48.5 Å². The number of nitrogens with zero attached hydrogens (tertiary/aromatic N) is 2. The van der Waals surface area contributed by atoms with E-state index in [9.17, 15) is 19.8 Å². The second kappa shape index (κ2) is 6.07. The first kappa shape index (κ1) is 20.3. The summed E-state index contributed by atoms with van der Waals surface area (Å²) in [4.78, 5) is 26.5. The molecular formula is C27H21N3O6. The zero-order valence-corrected chi connectivity index (χ0v) is 19.4. The molecule has 1 saturated heterocycles. The smallest absolute Gasteiger partial charge is 0.343 e. The van der Waals surface area contributed by atoms with Crippen molar-refractivity contribution in [3.63, 3.8) is 0 Å². The number of fused-ring (bicyclic) bond motifs is 13. The van der Waals surface area contributed by atoms with Crippen molar-refractivity contribution in [3.05, 3.63) is 59.7 Å². The Bertz CT molecular complexity index is 1870. The van der Waals surface area contributed by atoms with Gasteiger partial charge in [0.2, 0.25) is 5.60 Å². The lowest BCUT2D eigenvalue weighted by Gasteiger charge is -2.37. The molecule has 180 valence electrons. The van der Waals surface area contributed by atoms with E-state index >= 15 is 0 Å². The van der Waals surface area contributed by atoms with E-state index in [0.29, 0.717) is 27.5 Å². The second-order valence-electron chi connectivity index (χ2n) is 9.96. The summed E-state index contributed by atoms with van der Waals surface area (Å²) in [7, 11) is 1.25. The molecule has 8 rings (SSSR count). The van der Waals surface area contributed by atoms with Crippen LogP contribution in [0.3, 0.4) is 0 Å². The van der Waals surface area contributed by atoms with Crippen molar-refractivity contribution < 1.29 is 29.3 Å². The number of rotatable bonds is 1. The molecule has 1 amide bonds. The Morgan fingerprint density at radius 3 is 2.47 bits per heavy atom. The van der Waals surface area contributed by atoms with Gasteiger partial charge in [-0.3, -0.25) is 4.79 Å². The van der Waals surface area contributed by atoms with Crippen molar-refractivity contribution in [2.75, 3.05) is 7.11 Å². The van der Waals surface area contributed by atoms with Crippen LogP contribution in [0.25, 0.3) is 43.6 Å². The third-order valence-electron chi connectivity index (χ3n) is 8.41. The maximum absolute atomic E-state index is 13.3. The first-order valence-electron chi connectivity index (χ1n) is 11.8. The molecule has 0 radical (unpaired) electrons. The van der Waals surface area contributed by atoms with Crippen LogP contribution in [0, 0.1) is 0 Å². The van der Waals surface area contributed by atoms with Crippen LogP contribution >= 0.6 is 0 Å². The monoisotopic (exact) mass is 483 g/mol. The van der Waals surface area contributed by atoms with Crippen molar-refractivity contribution in [1.82, 2.24) is 14.5 Å². The number of benzene rings is 3. The van der Waals surface area contributed by atoms with E-state index in [1.54, 1.807) is 6.92 Å². The van der Waals surface area contributed by atoms with Crippen molar-refractivity contribution in [1.29, 1.82) is 0 Å². The molecule has 9 heteroatoms. The summed E-state index contributed by atoms with van der Waals surface area (Å²) in [6.07, 6.45) is -1.90. The fourth-order valence-electron chi connectivity index (χ4n) is 6.94. The Kier molecular flexibility index (Phi) is 3.42. The molecule has 3 aliphatic heterocycles. The molecule has 9 nitrogen and oxygen atoms in total. The van der Waals surface area contributed by atoms with Gasteiger partial charge >= 0.3 is 5.97 Å². The van der Waals surface area contributed by atoms with Gasteiger partial charge < -0.3 is 34.1 Å². The molecule has 3 aliphatic rings. The molecule has 2 unspecified atom stereocenters. The van der Waals surface area contributed by atoms with Gasteiger partial charge in [-0.1, -0.05) is 36.4 Å². The Morgan fingerprint density at radius 2 is 1.75 bits per heavy atom. The summed E-state index contributed by atoms with van der Waals surface area (Å²) < 4.78 is 15.6. The number of aliphatic hydroxyl groups excluding tert-OH is 1.